The lowest BCUT2D eigenvalue weighted by Gasteiger charge is -2.11. The number of amides is 3. The van der Waals surface area contributed by atoms with Gasteiger partial charge in [-0.05, 0) is 36.5 Å². The van der Waals surface area contributed by atoms with Crippen LogP contribution in [0.5, 0.6) is 5.75 Å². The van der Waals surface area contributed by atoms with Gasteiger partial charge >= 0.3 is 6.03 Å². The van der Waals surface area contributed by atoms with Crippen molar-refractivity contribution in [3.63, 3.8) is 0 Å². The number of benzene rings is 1. The van der Waals surface area contributed by atoms with Gasteiger partial charge in [-0.15, -0.1) is 0 Å². The summed E-state index contributed by atoms with van der Waals surface area (Å²) < 4.78 is 5.37. The van der Waals surface area contributed by atoms with E-state index in [-0.39, 0.29) is 6.61 Å². The first-order valence-corrected chi connectivity index (χ1v) is 7.87. The zero-order valence-electron chi connectivity index (χ0n) is 13.6. The fourth-order valence-electron chi connectivity index (χ4n) is 1.86. The molecular formula is C17H26N2O3. The van der Waals surface area contributed by atoms with E-state index >= 15 is 0 Å². The molecule has 0 aliphatic rings. The molecule has 0 aromatic heterocycles. The van der Waals surface area contributed by atoms with Gasteiger partial charge in [-0.3, -0.25) is 10.1 Å². The summed E-state index contributed by atoms with van der Waals surface area (Å²) in [7, 11) is 0. The summed E-state index contributed by atoms with van der Waals surface area (Å²) in [4.78, 5) is 23.0. The number of carbonyl (C=O) groups excluding carboxylic acids is 2. The smallest absolute Gasteiger partial charge is 0.321 e. The Hall–Kier alpha value is -2.04. The number of carbonyl (C=O) groups is 2. The van der Waals surface area contributed by atoms with Gasteiger partial charge in [0.1, 0.15) is 5.75 Å². The van der Waals surface area contributed by atoms with Crippen molar-refractivity contribution >= 4 is 11.9 Å². The molecule has 0 aliphatic carbocycles. The van der Waals surface area contributed by atoms with E-state index in [0.29, 0.717) is 18.2 Å². The molecular weight excluding hydrogens is 280 g/mol. The lowest BCUT2D eigenvalue weighted by Crippen LogP contribution is -2.41. The van der Waals surface area contributed by atoms with Crippen LogP contribution in [0.25, 0.3) is 0 Å². The second kappa shape index (κ2) is 9.82. The predicted molar refractivity (Wildman–Crippen MR) is 87.1 cm³/mol. The Bertz CT molecular complexity index is 471. The molecule has 0 saturated carbocycles. The highest BCUT2D eigenvalue weighted by molar-refractivity contribution is 5.94. The second-order valence-corrected chi connectivity index (χ2v) is 5.32. The van der Waals surface area contributed by atoms with Crippen LogP contribution in [0.15, 0.2) is 24.3 Å². The summed E-state index contributed by atoms with van der Waals surface area (Å²) in [5, 5.41) is 4.85. The molecule has 0 saturated heterocycles. The third-order valence-corrected chi connectivity index (χ3v) is 3.50. The van der Waals surface area contributed by atoms with Crippen LogP contribution in [-0.2, 0) is 4.79 Å². The fraction of sp³-hybridized carbons (Fsp3) is 0.529. The summed E-state index contributed by atoms with van der Waals surface area (Å²) in [5.41, 5.74) is 1.25. The van der Waals surface area contributed by atoms with Gasteiger partial charge in [-0.1, -0.05) is 39.3 Å². The summed E-state index contributed by atoms with van der Waals surface area (Å²) >= 11 is 0. The van der Waals surface area contributed by atoms with E-state index in [0.717, 1.165) is 19.3 Å². The van der Waals surface area contributed by atoms with Crippen LogP contribution in [0.3, 0.4) is 0 Å². The van der Waals surface area contributed by atoms with Crippen molar-refractivity contribution in [3.8, 4) is 5.75 Å². The topological polar surface area (TPSA) is 67.4 Å². The minimum atomic E-state index is -0.478. The zero-order valence-corrected chi connectivity index (χ0v) is 13.6. The van der Waals surface area contributed by atoms with E-state index in [4.69, 9.17) is 4.74 Å². The monoisotopic (exact) mass is 306 g/mol. The third kappa shape index (κ3) is 6.61. The van der Waals surface area contributed by atoms with Crippen LogP contribution < -0.4 is 15.4 Å². The van der Waals surface area contributed by atoms with Crippen molar-refractivity contribution < 1.29 is 14.3 Å². The van der Waals surface area contributed by atoms with Gasteiger partial charge in [0.2, 0.25) is 0 Å². The van der Waals surface area contributed by atoms with Gasteiger partial charge in [0.05, 0.1) is 0 Å². The van der Waals surface area contributed by atoms with E-state index in [1.54, 1.807) is 0 Å². The first-order chi connectivity index (χ1) is 10.6. The molecule has 5 heteroatoms. The quantitative estimate of drug-likeness (QED) is 0.725. The molecule has 0 heterocycles. The molecule has 0 bridgehead atoms. The number of ether oxygens (including phenoxy) is 1. The second-order valence-electron chi connectivity index (χ2n) is 5.32. The Kier molecular flexibility index (Phi) is 8.04. The summed E-state index contributed by atoms with van der Waals surface area (Å²) in [6, 6.07) is 7.21. The van der Waals surface area contributed by atoms with E-state index in [2.05, 4.69) is 24.5 Å². The molecule has 5 nitrogen and oxygen atoms in total. The number of unbranched alkanes of at least 4 members (excludes halogenated alkanes) is 1. The fourth-order valence-corrected chi connectivity index (χ4v) is 1.86. The van der Waals surface area contributed by atoms with Gasteiger partial charge in [-0.25, -0.2) is 4.79 Å². The number of imide groups is 1. The van der Waals surface area contributed by atoms with Gasteiger partial charge < -0.3 is 10.1 Å². The normalized spacial score (nSPS) is 11.6. The zero-order chi connectivity index (χ0) is 16.4. The van der Waals surface area contributed by atoms with Crippen LogP contribution in [0.1, 0.15) is 51.5 Å². The maximum atomic E-state index is 11.6. The Morgan fingerprint density at radius 2 is 1.86 bits per heavy atom. The highest BCUT2D eigenvalue weighted by Gasteiger charge is 2.08. The van der Waals surface area contributed by atoms with Gasteiger partial charge in [-0.2, -0.15) is 0 Å². The third-order valence-electron chi connectivity index (χ3n) is 3.50. The van der Waals surface area contributed by atoms with Crippen LogP contribution in [0, 0.1) is 0 Å². The Morgan fingerprint density at radius 1 is 1.18 bits per heavy atom. The summed E-state index contributed by atoms with van der Waals surface area (Å²) in [5.74, 6) is 0.665. The van der Waals surface area contributed by atoms with Crippen molar-refractivity contribution in [3.05, 3.63) is 29.8 Å². The summed E-state index contributed by atoms with van der Waals surface area (Å²) in [6.07, 6.45) is 2.96. The lowest BCUT2D eigenvalue weighted by atomic mass is 9.99. The molecule has 0 unspecified atom stereocenters. The van der Waals surface area contributed by atoms with Crippen LogP contribution in [-0.4, -0.2) is 25.1 Å². The molecule has 2 N–H and O–H groups in total. The highest BCUT2D eigenvalue weighted by Crippen LogP contribution is 2.21. The van der Waals surface area contributed by atoms with Crippen LogP contribution in [0.2, 0.25) is 0 Å². The predicted octanol–water partition coefficient (Wildman–Crippen LogP) is 3.20. The molecule has 0 radical (unpaired) electrons. The van der Waals surface area contributed by atoms with Crippen molar-refractivity contribution in [1.29, 1.82) is 0 Å². The molecule has 1 aromatic carbocycles. The average Bonchev–Trinajstić information content (AvgIpc) is 2.53. The van der Waals surface area contributed by atoms with Crippen molar-refractivity contribution in [1.82, 2.24) is 10.6 Å². The number of urea groups is 1. The maximum absolute atomic E-state index is 11.6. The number of hydrogen-bond donors (Lipinski definition) is 2. The first-order valence-electron chi connectivity index (χ1n) is 7.87. The molecule has 122 valence electrons. The van der Waals surface area contributed by atoms with Gasteiger partial charge in [0.25, 0.3) is 5.91 Å². The maximum Gasteiger partial charge on any atom is 0.321 e. The van der Waals surface area contributed by atoms with Crippen LogP contribution >= 0.6 is 0 Å². The Balaban J connectivity index is 2.33. The van der Waals surface area contributed by atoms with Gasteiger partial charge in [0, 0.05) is 6.54 Å². The molecule has 1 aromatic rings. The van der Waals surface area contributed by atoms with Crippen molar-refractivity contribution in [2.45, 2.75) is 46.0 Å². The van der Waals surface area contributed by atoms with Crippen LogP contribution in [0.4, 0.5) is 4.79 Å². The standard InChI is InChI=1S/C17H26N2O3/c1-4-6-11-18-17(21)19-16(20)12-22-15-9-7-14(8-10-15)13(3)5-2/h7-10,13H,4-6,11-12H2,1-3H3,(H2,18,19,20,21)/t13-/m1/s1. The van der Waals surface area contributed by atoms with E-state index in [9.17, 15) is 9.59 Å². The van der Waals surface area contributed by atoms with Gasteiger partial charge in [0.15, 0.2) is 6.61 Å². The largest absolute Gasteiger partial charge is 0.484 e. The molecule has 3 amide bonds. The van der Waals surface area contributed by atoms with E-state index in [1.807, 2.05) is 31.2 Å². The summed E-state index contributed by atoms with van der Waals surface area (Å²) in [6.45, 7) is 6.73. The number of hydrogen-bond acceptors (Lipinski definition) is 3. The molecule has 1 rings (SSSR count). The lowest BCUT2D eigenvalue weighted by molar-refractivity contribution is -0.122. The number of nitrogens with one attached hydrogen (secondary N) is 2. The minimum Gasteiger partial charge on any atom is -0.484 e. The Morgan fingerprint density at radius 3 is 2.45 bits per heavy atom. The molecule has 0 spiro atoms. The molecule has 0 aliphatic heterocycles. The highest BCUT2D eigenvalue weighted by atomic mass is 16.5. The van der Waals surface area contributed by atoms with Crippen molar-refractivity contribution in [2.75, 3.05) is 13.2 Å². The Labute approximate surface area is 132 Å². The average molecular weight is 306 g/mol. The minimum absolute atomic E-state index is 0.177. The van der Waals surface area contributed by atoms with Crippen molar-refractivity contribution in [2.24, 2.45) is 0 Å². The molecule has 22 heavy (non-hydrogen) atoms. The first kappa shape index (κ1) is 18.0. The number of rotatable bonds is 8. The SMILES string of the molecule is CCCCNC(=O)NC(=O)COc1ccc([C@H](C)CC)cc1. The molecule has 0 fully saturated rings. The van der Waals surface area contributed by atoms with E-state index in [1.165, 1.54) is 5.56 Å². The molecule has 1 atom stereocenters. The van der Waals surface area contributed by atoms with E-state index < -0.39 is 11.9 Å².